The lowest BCUT2D eigenvalue weighted by atomic mass is 10.1. The van der Waals surface area contributed by atoms with Crippen LogP contribution in [0.3, 0.4) is 0 Å². The third-order valence-electron chi connectivity index (χ3n) is 4.34. The average Bonchev–Trinajstić information content (AvgIpc) is 2.95. The second-order valence-corrected chi connectivity index (χ2v) is 6.50. The normalized spacial score (nSPS) is 12.8. The molecule has 0 aliphatic heterocycles. The number of fused-ring (bicyclic) bond motifs is 1. The minimum atomic E-state index is -0.323. The molecular formula is C20H24N2O3. The van der Waals surface area contributed by atoms with Crippen molar-refractivity contribution >= 4 is 11.1 Å². The summed E-state index contributed by atoms with van der Waals surface area (Å²) < 4.78 is 6.98. The molecule has 132 valence electrons. The first kappa shape index (κ1) is 17.5. The number of rotatable bonds is 8. The molecule has 0 bridgehead atoms. The van der Waals surface area contributed by atoms with E-state index in [2.05, 4.69) is 17.0 Å². The molecule has 5 heteroatoms. The third kappa shape index (κ3) is 4.38. The van der Waals surface area contributed by atoms with Crippen molar-refractivity contribution in [2.75, 3.05) is 19.7 Å². The summed E-state index contributed by atoms with van der Waals surface area (Å²) in [5.74, 6) is -0.141. The Labute approximate surface area is 147 Å². The fourth-order valence-electron chi connectivity index (χ4n) is 3.04. The Bertz CT molecular complexity index is 854. The van der Waals surface area contributed by atoms with Crippen molar-refractivity contribution < 1.29 is 9.52 Å². The first-order valence-electron chi connectivity index (χ1n) is 8.63. The van der Waals surface area contributed by atoms with Gasteiger partial charge in [-0.1, -0.05) is 49.4 Å². The molecule has 0 saturated heterocycles. The molecule has 0 aliphatic carbocycles. The van der Waals surface area contributed by atoms with Crippen LogP contribution in [-0.2, 0) is 13.1 Å². The van der Waals surface area contributed by atoms with Crippen LogP contribution < -0.4 is 5.76 Å². The van der Waals surface area contributed by atoms with Gasteiger partial charge in [0.05, 0.1) is 5.52 Å². The summed E-state index contributed by atoms with van der Waals surface area (Å²) in [6.45, 7) is 5.01. The number of oxazole rings is 1. The Kier molecular flexibility index (Phi) is 5.68. The molecule has 1 heterocycles. The van der Waals surface area contributed by atoms with Crippen LogP contribution in [0.15, 0.2) is 63.8 Å². The topological polar surface area (TPSA) is 58.6 Å². The summed E-state index contributed by atoms with van der Waals surface area (Å²) in [6, 6.07) is 17.7. The predicted molar refractivity (Wildman–Crippen MR) is 98.4 cm³/mol. The number of nitrogens with zero attached hydrogens (tertiary/aromatic N) is 2. The number of aromatic nitrogens is 1. The molecule has 0 aliphatic rings. The minimum Gasteiger partial charge on any atom is -0.408 e. The van der Waals surface area contributed by atoms with Gasteiger partial charge >= 0.3 is 5.76 Å². The van der Waals surface area contributed by atoms with Crippen molar-refractivity contribution in [2.45, 2.75) is 20.0 Å². The smallest absolute Gasteiger partial charge is 0.408 e. The van der Waals surface area contributed by atoms with Gasteiger partial charge in [-0.3, -0.25) is 9.47 Å². The first-order chi connectivity index (χ1) is 12.2. The zero-order valence-corrected chi connectivity index (χ0v) is 14.5. The molecule has 5 nitrogen and oxygen atoms in total. The average molecular weight is 340 g/mol. The summed E-state index contributed by atoms with van der Waals surface area (Å²) in [4.78, 5) is 14.4. The molecule has 0 fully saturated rings. The summed E-state index contributed by atoms with van der Waals surface area (Å²) in [5, 5.41) is 9.39. The van der Waals surface area contributed by atoms with E-state index >= 15 is 0 Å². The highest BCUT2D eigenvalue weighted by Crippen LogP contribution is 2.13. The van der Waals surface area contributed by atoms with E-state index in [9.17, 15) is 9.90 Å². The molecule has 0 spiro atoms. The van der Waals surface area contributed by atoms with Crippen LogP contribution in [0.1, 0.15) is 12.5 Å². The van der Waals surface area contributed by atoms with E-state index < -0.39 is 0 Å². The van der Waals surface area contributed by atoms with Crippen molar-refractivity contribution in [3.05, 3.63) is 70.7 Å². The maximum Gasteiger partial charge on any atom is 0.419 e. The van der Waals surface area contributed by atoms with Crippen molar-refractivity contribution in [3.8, 4) is 0 Å². The van der Waals surface area contributed by atoms with Gasteiger partial charge in [0.2, 0.25) is 0 Å². The van der Waals surface area contributed by atoms with E-state index in [4.69, 9.17) is 4.42 Å². The van der Waals surface area contributed by atoms with E-state index in [0.29, 0.717) is 18.7 Å². The molecule has 1 aromatic heterocycles. The SMILES string of the molecule is CC(CO)CN(CCn1c(=O)oc2ccccc21)Cc1ccccc1. The van der Waals surface area contributed by atoms with Crippen LogP contribution in [0.2, 0.25) is 0 Å². The largest absolute Gasteiger partial charge is 0.419 e. The lowest BCUT2D eigenvalue weighted by molar-refractivity contribution is 0.164. The second kappa shape index (κ2) is 8.14. The van der Waals surface area contributed by atoms with Crippen molar-refractivity contribution in [1.82, 2.24) is 9.47 Å². The Morgan fingerprint density at radius 2 is 1.84 bits per heavy atom. The van der Waals surface area contributed by atoms with Crippen LogP contribution in [0.25, 0.3) is 11.1 Å². The molecule has 3 aromatic rings. The number of benzene rings is 2. The molecule has 0 saturated carbocycles. The van der Waals surface area contributed by atoms with Gasteiger partial charge < -0.3 is 9.52 Å². The maximum absolute atomic E-state index is 12.1. The minimum absolute atomic E-state index is 0.153. The zero-order chi connectivity index (χ0) is 17.6. The molecular weight excluding hydrogens is 316 g/mol. The Balaban J connectivity index is 1.75. The van der Waals surface area contributed by atoms with Gasteiger partial charge in [-0.15, -0.1) is 0 Å². The van der Waals surface area contributed by atoms with Gasteiger partial charge in [0.25, 0.3) is 0 Å². The van der Waals surface area contributed by atoms with Gasteiger partial charge in [-0.2, -0.15) is 0 Å². The Morgan fingerprint density at radius 1 is 1.12 bits per heavy atom. The monoisotopic (exact) mass is 340 g/mol. The Morgan fingerprint density at radius 3 is 2.60 bits per heavy atom. The van der Waals surface area contributed by atoms with Crippen LogP contribution in [0.5, 0.6) is 0 Å². The Hall–Kier alpha value is -2.37. The van der Waals surface area contributed by atoms with Gasteiger partial charge in [0, 0.05) is 32.8 Å². The fourth-order valence-corrected chi connectivity index (χ4v) is 3.04. The molecule has 1 atom stereocenters. The summed E-state index contributed by atoms with van der Waals surface area (Å²) in [5.41, 5.74) is 2.66. The van der Waals surface area contributed by atoms with Crippen LogP contribution in [0.4, 0.5) is 0 Å². The standard InChI is InChI=1S/C20H24N2O3/c1-16(15-23)13-21(14-17-7-3-2-4-8-17)11-12-22-18-9-5-6-10-19(18)25-20(22)24/h2-10,16,23H,11-15H2,1H3. The van der Waals surface area contributed by atoms with Gasteiger partial charge in [-0.25, -0.2) is 4.79 Å². The summed E-state index contributed by atoms with van der Waals surface area (Å²) in [7, 11) is 0. The van der Waals surface area contributed by atoms with Crippen LogP contribution in [0, 0.1) is 5.92 Å². The lowest BCUT2D eigenvalue weighted by Gasteiger charge is -2.25. The van der Waals surface area contributed by atoms with Crippen molar-refractivity contribution in [3.63, 3.8) is 0 Å². The van der Waals surface area contributed by atoms with E-state index in [1.54, 1.807) is 4.57 Å². The van der Waals surface area contributed by atoms with E-state index in [1.807, 2.05) is 49.4 Å². The highest BCUT2D eigenvalue weighted by molar-refractivity contribution is 5.72. The molecule has 0 radical (unpaired) electrons. The third-order valence-corrected chi connectivity index (χ3v) is 4.34. The number of hydrogen-bond acceptors (Lipinski definition) is 4. The number of hydrogen-bond donors (Lipinski definition) is 1. The summed E-state index contributed by atoms with van der Waals surface area (Å²) in [6.07, 6.45) is 0. The highest BCUT2D eigenvalue weighted by Gasteiger charge is 2.13. The summed E-state index contributed by atoms with van der Waals surface area (Å²) >= 11 is 0. The van der Waals surface area contributed by atoms with Crippen LogP contribution >= 0.6 is 0 Å². The van der Waals surface area contributed by atoms with E-state index in [0.717, 1.165) is 18.6 Å². The quantitative estimate of drug-likeness (QED) is 0.685. The molecule has 0 amide bonds. The van der Waals surface area contributed by atoms with Gasteiger partial charge in [-0.05, 0) is 23.6 Å². The number of para-hydroxylation sites is 2. The molecule has 3 rings (SSSR count). The van der Waals surface area contributed by atoms with E-state index in [-0.39, 0.29) is 18.3 Å². The van der Waals surface area contributed by atoms with Gasteiger partial charge in [0.1, 0.15) is 0 Å². The first-order valence-corrected chi connectivity index (χ1v) is 8.63. The van der Waals surface area contributed by atoms with Gasteiger partial charge in [0.15, 0.2) is 5.58 Å². The second-order valence-electron chi connectivity index (χ2n) is 6.50. The molecule has 2 aromatic carbocycles. The molecule has 25 heavy (non-hydrogen) atoms. The van der Waals surface area contributed by atoms with Crippen molar-refractivity contribution in [1.29, 1.82) is 0 Å². The van der Waals surface area contributed by atoms with Crippen LogP contribution in [-0.4, -0.2) is 34.3 Å². The molecule has 1 N–H and O–H groups in total. The fraction of sp³-hybridized carbons (Fsp3) is 0.350. The maximum atomic E-state index is 12.1. The molecule has 1 unspecified atom stereocenters. The predicted octanol–water partition coefficient (Wildman–Crippen LogP) is 2.73. The van der Waals surface area contributed by atoms with E-state index in [1.165, 1.54) is 5.56 Å². The zero-order valence-electron chi connectivity index (χ0n) is 14.5. The number of aliphatic hydroxyl groups is 1. The lowest BCUT2D eigenvalue weighted by Crippen LogP contribution is -2.33. The number of aliphatic hydroxyl groups excluding tert-OH is 1. The van der Waals surface area contributed by atoms with Crippen molar-refractivity contribution in [2.24, 2.45) is 5.92 Å². The highest BCUT2D eigenvalue weighted by atomic mass is 16.4.